The van der Waals surface area contributed by atoms with Crippen molar-refractivity contribution in [1.29, 1.82) is 0 Å². The number of fused-ring (bicyclic) bond motifs is 1. The fraction of sp³-hybridized carbons (Fsp3) is 0.571. The summed E-state index contributed by atoms with van der Waals surface area (Å²) in [6.07, 6.45) is -0.703. The van der Waals surface area contributed by atoms with Crippen molar-refractivity contribution in [1.82, 2.24) is 10.4 Å². The summed E-state index contributed by atoms with van der Waals surface area (Å²) in [5.74, 6) is -0.253. The van der Waals surface area contributed by atoms with E-state index in [1.807, 2.05) is 12.1 Å². The SMILES string of the molecule is CC(C)(C)OC(=O)NN(C(=O)OC(C)(C)C)C1(C)CCc2ccccc2C1=O. The van der Waals surface area contributed by atoms with Crippen molar-refractivity contribution < 1.29 is 23.9 Å². The number of nitrogens with one attached hydrogen (secondary N) is 1. The van der Waals surface area contributed by atoms with Gasteiger partial charge in [-0.2, -0.15) is 0 Å². The van der Waals surface area contributed by atoms with E-state index in [-0.39, 0.29) is 5.78 Å². The standard InChI is InChI=1S/C21H30N2O5/c1-19(2,3)27-17(25)22-23(18(26)28-20(4,5)6)21(7)13-12-14-10-8-9-11-15(14)16(21)24/h8-11H,12-13H2,1-7H3,(H,22,25). The van der Waals surface area contributed by atoms with Crippen molar-refractivity contribution in [2.45, 2.75) is 78.0 Å². The molecule has 1 atom stereocenters. The molecule has 1 aliphatic rings. The Bertz CT molecular complexity index is 776. The summed E-state index contributed by atoms with van der Waals surface area (Å²) in [5.41, 5.74) is 1.06. The van der Waals surface area contributed by atoms with Crippen LogP contribution in [0.5, 0.6) is 0 Å². The van der Waals surface area contributed by atoms with Gasteiger partial charge in [-0.3, -0.25) is 4.79 Å². The average molecular weight is 390 g/mol. The van der Waals surface area contributed by atoms with Gasteiger partial charge in [0.1, 0.15) is 16.7 Å². The van der Waals surface area contributed by atoms with E-state index in [0.29, 0.717) is 18.4 Å². The molecule has 0 aromatic heterocycles. The van der Waals surface area contributed by atoms with Crippen LogP contribution in [0.15, 0.2) is 24.3 Å². The van der Waals surface area contributed by atoms with Gasteiger partial charge in [-0.15, -0.1) is 0 Å². The van der Waals surface area contributed by atoms with Gasteiger partial charge in [0, 0.05) is 5.56 Å². The normalized spacial score (nSPS) is 19.5. The van der Waals surface area contributed by atoms with Gasteiger partial charge in [-0.25, -0.2) is 20.0 Å². The largest absolute Gasteiger partial charge is 0.443 e. The summed E-state index contributed by atoms with van der Waals surface area (Å²) in [4.78, 5) is 38.6. The van der Waals surface area contributed by atoms with Crippen LogP contribution in [0.3, 0.4) is 0 Å². The lowest BCUT2D eigenvalue weighted by atomic mass is 9.77. The lowest BCUT2D eigenvalue weighted by molar-refractivity contribution is -0.0257. The van der Waals surface area contributed by atoms with E-state index in [1.54, 1.807) is 60.6 Å². The molecule has 154 valence electrons. The maximum atomic E-state index is 13.3. The number of aryl methyl sites for hydroxylation is 1. The predicted molar refractivity (Wildman–Crippen MR) is 105 cm³/mol. The number of hydrogen-bond acceptors (Lipinski definition) is 5. The molecule has 0 saturated heterocycles. The first kappa shape index (κ1) is 21.7. The van der Waals surface area contributed by atoms with E-state index in [1.165, 1.54) is 0 Å². The van der Waals surface area contributed by atoms with Gasteiger partial charge in [-0.1, -0.05) is 24.3 Å². The monoisotopic (exact) mass is 390 g/mol. The summed E-state index contributed by atoms with van der Waals surface area (Å²) < 4.78 is 10.7. The van der Waals surface area contributed by atoms with Crippen molar-refractivity contribution in [2.75, 3.05) is 0 Å². The number of Topliss-reactive ketones (excluding diaryl/α,β-unsaturated/α-hetero) is 1. The molecule has 1 aromatic carbocycles. The molecule has 1 aliphatic carbocycles. The lowest BCUT2D eigenvalue weighted by Gasteiger charge is -2.42. The number of amides is 2. The van der Waals surface area contributed by atoms with Crippen LogP contribution in [0.4, 0.5) is 9.59 Å². The second-order valence-corrected chi connectivity index (χ2v) is 9.19. The van der Waals surface area contributed by atoms with Gasteiger partial charge in [0.2, 0.25) is 0 Å². The number of hydrogen-bond donors (Lipinski definition) is 1. The van der Waals surface area contributed by atoms with Crippen molar-refractivity contribution in [3.05, 3.63) is 35.4 Å². The summed E-state index contributed by atoms with van der Waals surface area (Å²) >= 11 is 0. The van der Waals surface area contributed by atoms with Crippen molar-refractivity contribution in [3.8, 4) is 0 Å². The molecule has 0 radical (unpaired) electrons. The van der Waals surface area contributed by atoms with Crippen LogP contribution in [0.25, 0.3) is 0 Å². The molecule has 0 saturated carbocycles. The van der Waals surface area contributed by atoms with E-state index < -0.39 is 28.9 Å². The Morgan fingerprint density at radius 1 is 1.04 bits per heavy atom. The minimum atomic E-state index is -1.30. The molecule has 7 nitrogen and oxygen atoms in total. The Labute approximate surface area is 166 Å². The third-order valence-electron chi connectivity index (χ3n) is 4.30. The first-order valence-electron chi connectivity index (χ1n) is 9.38. The third kappa shape index (κ3) is 5.03. The second-order valence-electron chi connectivity index (χ2n) is 9.19. The van der Waals surface area contributed by atoms with Gasteiger partial charge in [0.05, 0.1) is 0 Å². The van der Waals surface area contributed by atoms with Crippen molar-refractivity contribution >= 4 is 18.0 Å². The Kier molecular flexibility index (Phi) is 5.78. The number of benzene rings is 1. The molecular weight excluding hydrogens is 360 g/mol. The lowest BCUT2D eigenvalue weighted by Crippen LogP contribution is -2.64. The van der Waals surface area contributed by atoms with E-state index in [2.05, 4.69) is 5.43 Å². The van der Waals surface area contributed by atoms with E-state index in [9.17, 15) is 14.4 Å². The third-order valence-corrected chi connectivity index (χ3v) is 4.30. The number of rotatable bonds is 1. The zero-order valence-corrected chi connectivity index (χ0v) is 17.7. The number of ether oxygens (including phenoxy) is 2. The molecule has 0 bridgehead atoms. The van der Waals surface area contributed by atoms with Crippen molar-refractivity contribution in [3.63, 3.8) is 0 Å². The minimum absolute atomic E-state index is 0.253. The molecule has 1 unspecified atom stereocenters. The molecule has 0 spiro atoms. The summed E-state index contributed by atoms with van der Waals surface area (Å²) in [7, 11) is 0. The van der Waals surface area contributed by atoms with E-state index in [0.717, 1.165) is 10.6 Å². The number of carbonyl (C=O) groups is 3. The summed E-state index contributed by atoms with van der Waals surface area (Å²) in [6, 6.07) is 7.28. The number of carbonyl (C=O) groups excluding carboxylic acids is 3. The van der Waals surface area contributed by atoms with Crippen molar-refractivity contribution in [2.24, 2.45) is 0 Å². The highest BCUT2D eigenvalue weighted by molar-refractivity contribution is 6.06. The molecule has 0 aliphatic heterocycles. The topological polar surface area (TPSA) is 84.9 Å². The average Bonchev–Trinajstić information content (AvgIpc) is 2.53. The molecule has 2 amide bonds. The van der Waals surface area contributed by atoms with Gasteiger partial charge >= 0.3 is 12.2 Å². The molecule has 7 heteroatoms. The number of nitrogens with zero attached hydrogens (tertiary/aromatic N) is 1. The van der Waals surface area contributed by atoms with Gasteiger partial charge in [0.15, 0.2) is 5.78 Å². The van der Waals surface area contributed by atoms with Gasteiger partial charge in [0.25, 0.3) is 0 Å². The maximum Gasteiger partial charge on any atom is 0.430 e. The van der Waals surface area contributed by atoms with Crippen LogP contribution >= 0.6 is 0 Å². The van der Waals surface area contributed by atoms with Crippen LogP contribution < -0.4 is 5.43 Å². The van der Waals surface area contributed by atoms with Crippen LogP contribution in [0.2, 0.25) is 0 Å². The Hall–Kier alpha value is -2.57. The number of hydrazine groups is 1. The smallest absolute Gasteiger partial charge is 0.430 e. The summed E-state index contributed by atoms with van der Waals surface area (Å²) in [5, 5.41) is 0.977. The Balaban J connectivity index is 2.39. The highest BCUT2D eigenvalue weighted by Gasteiger charge is 2.48. The molecule has 28 heavy (non-hydrogen) atoms. The highest BCUT2D eigenvalue weighted by atomic mass is 16.6. The molecule has 1 aromatic rings. The van der Waals surface area contributed by atoms with Crippen LogP contribution in [-0.4, -0.2) is 39.7 Å². The first-order chi connectivity index (χ1) is 12.7. The molecule has 0 fully saturated rings. The van der Waals surface area contributed by atoms with E-state index in [4.69, 9.17) is 9.47 Å². The van der Waals surface area contributed by atoms with Gasteiger partial charge in [-0.05, 0) is 66.9 Å². The van der Waals surface area contributed by atoms with Crippen LogP contribution in [0.1, 0.15) is 70.8 Å². The molecule has 2 rings (SSSR count). The van der Waals surface area contributed by atoms with Crippen LogP contribution in [0, 0.1) is 0 Å². The fourth-order valence-corrected chi connectivity index (χ4v) is 3.03. The zero-order valence-electron chi connectivity index (χ0n) is 17.7. The van der Waals surface area contributed by atoms with Crippen LogP contribution in [-0.2, 0) is 15.9 Å². The molecule has 0 heterocycles. The van der Waals surface area contributed by atoms with E-state index >= 15 is 0 Å². The number of ketones is 1. The second kappa shape index (κ2) is 7.45. The quantitative estimate of drug-likeness (QED) is 0.725. The predicted octanol–water partition coefficient (Wildman–Crippen LogP) is 4.25. The molecule has 1 N–H and O–H groups in total. The highest BCUT2D eigenvalue weighted by Crippen LogP contribution is 2.33. The maximum absolute atomic E-state index is 13.3. The van der Waals surface area contributed by atoms with Gasteiger partial charge < -0.3 is 9.47 Å². The Morgan fingerprint density at radius 2 is 1.61 bits per heavy atom. The first-order valence-corrected chi connectivity index (χ1v) is 9.38. The Morgan fingerprint density at radius 3 is 2.18 bits per heavy atom. The fourth-order valence-electron chi connectivity index (χ4n) is 3.03. The zero-order chi connectivity index (χ0) is 21.3. The summed E-state index contributed by atoms with van der Waals surface area (Å²) in [6.45, 7) is 11.9. The minimum Gasteiger partial charge on any atom is -0.443 e. The molecular formula is C21H30N2O5.